The number of anilines is 2. The number of sulfonamides is 2. The molecule has 2 aromatic heterocycles. The number of hydrogen-bond acceptors (Lipinski definition) is 12. The molecular weight excluding hydrogens is 1020 g/mol. The summed E-state index contributed by atoms with van der Waals surface area (Å²) in [5.41, 5.74) is 6.86. The van der Waals surface area contributed by atoms with Gasteiger partial charge in [0.25, 0.3) is 0 Å². The first-order valence-electron chi connectivity index (χ1n) is 21.9. The minimum atomic E-state index is -3.78. The number of carbonyl (C=O) groups is 2. The fourth-order valence-electron chi connectivity index (χ4n) is 7.94. The number of thiophene rings is 2. The molecule has 4 aromatic carbocycles. The number of primary sulfonamides is 2. The highest BCUT2D eigenvalue weighted by molar-refractivity contribution is 9.09. The summed E-state index contributed by atoms with van der Waals surface area (Å²) in [6.45, 7) is 9.85. The Balaban J connectivity index is 0.000000196. The molecular formula is C50H53BrN8O6S4. The predicted molar refractivity (Wildman–Crippen MR) is 276 cm³/mol. The van der Waals surface area contributed by atoms with Gasteiger partial charge in [0.1, 0.15) is 22.1 Å². The molecule has 4 unspecified atom stereocenters. The topological polar surface area (TPSA) is 241 Å². The molecule has 2 aliphatic heterocycles. The zero-order valence-corrected chi connectivity index (χ0v) is 43.3. The highest BCUT2D eigenvalue weighted by Crippen LogP contribution is 2.41. The average Bonchev–Trinajstić information content (AvgIpc) is 3.83. The van der Waals surface area contributed by atoms with Gasteiger partial charge in [0.2, 0.25) is 31.9 Å². The lowest BCUT2D eigenvalue weighted by Crippen LogP contribution is -2.39. The Hall–Kier alpha value is -5.58. The number of fused-ring (bicyclic) bond motifs is 2. The Bertz CT molecular complexity index is 3080. The van der Waals surface area contributed by atoms with Crippen LogP contribution in [0.25, 0.3) is 0 Å². The minimum Gasteiger partial charge on any atom is -0.316 e. The van der Waals surface area contributed by atoms with E-state index in [0.717, 1.165) is 33.7 Å². The Labute approximate surface area is 420 Å². The maximum absolute atomic E-state index is 12.7. The van der Waals surface area contributed by atoms with Gasteiger partial charge in [0, 0.05) is 51.4 Å². The SMILES string of the molecule is CC(Br)c1ccccc1.CC1Cc2sc(NC(=O)Cc3ccc(S(N)(=O)=O)cc3)c(C#N)c2CN1.CC1Cc2sc(NC(=O)Cc3ccc(S(N)(=O)=O)cc3)c(C#N)c2CN1C(C)c1ccccc1. The number of amides is 2. The quantitative estimate of drug-likeness (QED) is 0.0774. The van der Waals surface area contributed by atoms with Crippen LogP contribution in [-0.4, -0.2) is 45.6 Å². The number of alkyl halides is 1. The molecule has 8 rings (SSSR count). The van der Waals surface area contributed by atoms with E-state index in [1.807, 2.05) is 36.4 Å². The van der Waals surface area contributed by atoms with Crippen LogP contribution in [0.1, 0.15) is 92.8 Å². The van der Waals surface area contributed by atoms with Crippen LogP contribution in [0.5, 0.6) is 0 Å². The second-order valence-electron chi connectivity index (χ2n) is 16.8. The Kier molecular flexibility index (Phi) is 17.9. The number of benzene rings is 4. The molecule has 0 radical (unpaired) electrons. The Morgan fingerprint density at radius 1 is 0.710 bits per heavy atom. The summed E-state index contributed by atoms with van der Waals surface area (Å²) in [5, 5.41) is 39.7. The number of nitrogens with one attached hydrogen (secondary N) is 3. The van der Waals surface area contributed by atoms with E-state index in [4.69, 9.17) is 10.3 Å². The fourth-order valence-corrected chi connectivity index (χ4v) is 11.9. The first-order chi connectivity index (χ1) is 32.7. The first kappa shape index (κ1) is 52.8. The van der Waals surface area contributed by atoms with Crippen LogP contribution in [0.3, 0.4) is 0 Å². The molecule has 2 aliphatic rings. The van der Waals surface area contributed by atoms with Gasteiger partial charge in [-0.25, -0.2) is 27.1 Å². The molecule has 14 nitrogen and oxygen atoms in total. The maximum Gasteiger partial charge on any atom is 0.238 e. The Morgan fingerprint density at radius 2 is 1.14 bits per heavy atom. The van der Waals surface area contributed by atoms with E-state index in [1.165, 1.54) is 58.1 Å². The number of hydrogen-bond donors (Lipinski definition) is 5. The van der Waals surface area contributed by atoms with Crippen LogP contribution in [0.15, 0.2) is 119 Å². The van der Waals surface area contributed by atoms with Gasteiger partial charge in [0.15, 0.2) is 0 Å². The van der Waals surface area contributed by atoms with E-state index in [-0.39, 0.29) is 40.5 Å². The normalized spacial score (nSPS) is 16.3. The standard InChI is InChI=1S/C25H26N4O3S2.C17H18N4O3S2.C8H9Br/c1-16-12-23-22(15-29(16)17(2)19-6-4-3-5-7-19)21(14-26)25(33-23)28-24(30)13-18-8-10-20(11-9-18)34(27,31)32;1-10-6-15-14(9-20-10)13(8-18)17(25-15)21-16(22)7-11-2-4-12(5-3-11)26(19,23)24;1-7(9)8-5-3-2-4-6-8/h3-11,16-17H,12-13,15H2,1-2H3,(H,28,30)(H2,27,31,32);2-5,10,20H,6-7,9H2,1H3,(H,21,22)(H2,19,23,24);2-7H,1H3. The second-order valence-corrected chi connectivity index (χ2v) is 23.5. The molecule has 6 aromatic rings. The van der Waals surface area contributed by atoms with Gasteiger partial charge >= 0.3 is 0 Å². The lowest BCUT2D eigenvalue weighted by Gasteiger charge is -2.38. The van der Waals surface area contributed by atoms with Crippen molar-refractivity contribution in [2.45, 2.75) is 99.2 Å². The van der Waals surface area contributed by atoms with E-state index in [1.54, 1.807) is 24.3 Å². The summed E-state index contributed by atoms with van der Waals surface area (Å²) in [4.78, 5) is 30.2. The van der Waals surface area contributed by atoms with E-state index in [2.05, 4.69) is 101 Å². The van der Waals surface area contributed by atoms with Gasteiger partial charge in [-0.15, -0.1) is 22.7 Å². The van der Waals surface area contributed by atoms with Crippen molar-refractivity contribution in [1.82, 2.24) is 10.2 Å². The number of nitriles is 2. The molecule has 0 fully saturated rings. The largest absolute Gasteiger partial charge is 0.316 e. The highest BCUT2D eigenvalue weighted by Gasteiger charge is 2.32. The molecule has 0 saturated carbocycles. The third-order valence-corrected chi connectivity index (χ3v) is 16.4. The lowest BCUT2D eigenvalue weighted by atomic mass is 9.96. The van der Waals surface area contributed by atoms with Crippen molar-refractivity contribution in [1.29, 1.82) is 10.5 Å². The third-order valence-electron chi connectivity index (χ3n) is 11.7. The monoisotopic (exact) mass is 1070 g/mol. The average molecular weight is 1070 g/mol. The van der Waals surface area contributed by atoms with Crippen LogP contribution >= 0.6 is 38.6 Å². The van der Waals surface area contributed by atoms with Crippen molar-refractivity contribution < 1.29 is 26.4 Å². The van der Waals surface area contributed by atoms with E-state index in [9.17, 15) is 36.9 Å². The molecule has 19 heteroatoms. The van der Waals surface area contributed by atoms with Gasteiger partial charge in [-0.2, -0.15) is 10.5 Å². The second kappa shape index (κ2) is 23.4. The molecule has 2 amide bonds. The van der Waals surface area contributed by atoms with Crippen LogP contribution in [-0.2, 0) is 68.4 Å². The highest BCUT2D eigenvalue weighted by atomic mass is 79.9. The molecule has 0 bridgehead atoms. The summed E-state index contributed by atoms with van der Waals surface area (Å²) in [7, 11) is -7.53. The molecule has 0 spiro atoms. The van der Waals surface area contributed by atoms with Crippen molar-refractivity contribution in [2.75, 3.05) is 10.6 Å². The number of carbonyl (C=O) groups excluding carboxylic acids is 2. The van der Waals surface area contributed by atoms with E-state index in [0.29, 0.717) is 62.3 Å². The van der Waals surface area contributed by atoms with E-state index < -0.39 is 20.0 Å². The molecule has 4 heterocycles. The number of nitrogens with two attached hydrogens (primary N) is 2. The smallest absolute Gasteiger partial charge is 0.238 e. The number of nitrogens with zero attached hydrogens (tertiary/aromatic N) is 3. The maximum atomic E-state index is 12.7. The number of halogens is 1. The zero-order valence-electron chi connectivity index (χ0n) is 38.4. The van der Waals surface area contributed by atoms with Gasteiger partial charge in [-0.05, 0) is 92.6 Å². The van der Waals surface area contributed by atoms with Gasteiger partial charge < -0.3 is 16.0 Å². The predicted octanol–water partition coefficient (Wildman–Crippen LogP) is 8.58. The van der Waals surface area contributed by atoms with Crippen molar-refractivity contribution in [2.24, 2.45) is 10.3 Å². The van der Waals surface area contributed by atoms with Gasteiger partial charge in [0.05, 0.1) is 33.8 Å². The van der Waals surface area contributed by atoms with E-state index >= 15 is 0 Å². The van der Waals surface area contributed by atoms with Crippen LogP contribution < -0.4 is 26.2 Å². The molecule has 0 aliphatic carbocycles. The van der Waals surface area contributed by atoms with Gasteiger partial charge in [-0.3, -0.25) is 14.5 Å². The molecule has 69 heavy (non-hydrogen) atoms. The third kappa shape index (κ3) is 14.0. The summed E-state index contributed by atoms with van der Waals surface area (Å²) in [6, 6.07) is 37.7. The van der Waals surface area contributed by atoms with Crippen LogP contribution in [0, 0.1) is 22.7 Å². The summed E-state index contributed by atoms with van der Waals surface area (Å²) < 4.78 is 45.3. The van der Waals surface area contributed by atoms with Crippen LogP contribution in [0.4, 0.5) is 10.0 Å². The van der Waals surface area contributed by atoms with Crippen molar-refractivity contribution in [3.8, 4) is 12.1 Å². The lowest BCUT2D eigenvalue weighted by molar-refractivity contribution is -0.116. The van der Waals surface area contributed by atoms with Crippen molar-refractivity contribution in [3.63, 3.8) is 0 Å². The van der Waals surface area contributed by atoms with Gasteiger partial charge in [-0.1, -0.05) is 101 Å². The zero-order chi connectivity index (χ0) is 50.0. The minimum absolute atomic E-state index is 0.000904. The summed E-state index contributed by atoms with van der Waals surface area (Å²) in [5.74, 6) is -0.523. The van der Waals surface area contributed by atoms with Crippen molar-refractivity contribution in [3.05, 3.63) is 163 Å². The first-order valence-corrected chi connectivity index (χ1v) is 27.5. The molecule has 0 saturated heterocycles. The molecule has 4 atom stereocenters. The molecule has 7 N–H and O–H groups in total. The number of rotatable bonds is 11. The summed E-state index contributed by atoms with van der Waals surface area (Å²) >= 11 is 6.39. The summed E-state index contributed by atoms with van der Waals surface area (Å²) in [6.07, 6.45) is 1.79. The fraction of sp³-hybridized carbons (Fsp3) is 0.280. The Morgan fingerprint density at radius 3 is 1.57 bits per heavy atom. The molecule has 360 valence electrons. The van der Waals surface area contributed by atoms with Crippen molar-refractivity contribution >= 4 is 80.5 Å². The van der Waals surface area contributed by atoms with Crippen LogP contribution in [0.2, 0.25) is 0 Å².